The fraction of sp³-hybridized carbons (Fsp3) is 0.455. The van der Waals surface area contributed by atoms with E-state index in [0.717, 1.165) is 24.1 Å². The van der Waals surface area contributed by atoms with Gasteiger partial charge >= 0.3 is 5.97 Å². The predicted molar refractivity (Wildman–Crippen MR) is 55.0 cm³/mol. The molecule has 0 saturated heterocycles. The molecule has 0 aliphatic carbocycles. The van der Waals surface area contributed by atoms with E-state index in [1.807, 2.05) is 13.0 Å². The second-order valence-corrected chi connectivity index (χ2v) is 3.66. The van der Waals surface area contributed by atoms with Gasteiger partial charge in [0.1, 0.15) is 5.56 Å². The summed E-state index contributed by atoms with van der Waals surface area (Å²) in [6.07, 6.45) is 2.44. The number of nitrogens with one attached hydrogen (secondary N) is 1. The Kier molecular flexibility index (Phi) is 2.58. The van der Waals surface area contributed by atoms with Gasteiger partial charge in [0, 0.05) is 12.1 Å². The second kappa shape index (κ2) is 3.88. The number of esters is 1. The molecular weight excluding hydrogens is 194 g/mol. The molecule has 0 atom stereocenters. The summed E-state index contributed by atoms with van der Waals surface area (Å²) in [5.74, 6) is -0.499. The highest BCUT2D eigenvalue weighted by Gasteiger charge is 2.22. The fourth-order valence-electron chi connectivity index (χ4n) is 1.82. The van der Waals surface area contributed by atoms with Gasteiger partial charge < -0.3 is 9.72 Å². The Hall–Kier alpha value is -1.58. The Morgan fingerprint density at radius 2 is 2.27 bits per heavy atom. The van der Waals surface area contributed by atoms with Crippen LogP contribution in [0.5, 0.6) is 0 Å². The van der Waals surface area contributed by atoms with E-state index < -0.39 is 5.97 Å². The molecule has 0 fully saturated rings. The van der Waals surface area contributed by atoms with Crippen molar-refractivity contribution in [2.24, 2.45) is 0 Å². The van der Waals surface area contributed by atoms with Gasteiger partial charge in [0.15, 0.2) is 0 Å². The molecule has 0 amide bonds. The number of rotatable bonds is 2. The summed E-state index contributed by atoms with van der Waals surface area (Å²) in [4.78, 5) is 25.7. The van der Waals surface area contributed by atoms with Crippen LogP contribution in [-0.2, 0) is 17.6 Å². The first-order chi connectivity index (χ1) is 7.22. The van der Waals surface area contributed by atoms with Gasteiger partial charge in [0.05, 0.1) is 6.61 Å². The number of H-pyrrole nitrogens is 1. The van der Waals surface area contributed by atoms with E-state index in [1.165, 1.54) is 0 Å². The van der Waals surface area contributed by atoms with E-state index in [2.05, 4.69) is 4.98 Å². The first kappa shape index (κ1) is 9.96. The molecule has 0 aromatic carbocycles. The van der Waals surface area contributed by atoms with Crippen LogP contribution in [0.2, 0.25) is 0 Å². The van der Waals surface area contributed by atoms with Gasteiger partial charge in [-0.25, -0.2) is 4.79 Å². The molecule has 4 heteroatoms. The van der Waals surface area contributed by atoms with Crippen molar-refractivity contribution in [2.45, 2.75) is 26.2 Å². The lowest BCUT2D eigenvalue weighted by Crippen LogP contribution is -2.28. The third-order valence-corrected chi connectivity index (χ3v) is 2.50. The molecule has 0 spiro atoms. The van der Waals surface area contributed by atoms with E-state index in [1.54, 1.807) is 0 Å². The summed E-state index contributed by atoms with van der Waals surface area (Å²) in [5, 5.41) is 0. The average molecular weight is 207 g/mol. The van der Waals surface area contributed by atoms with Gasteiger partial charge in [-0.15, -0.1) is 0 Å². The Morgan fingerprint density at radius 3 is 3.00 bits per heavy atom. The van der Waals surface area contributed by atoms with Gasteiger partial charge in [-0.1, -0.05) is 13.3 Å². The van der Waals surface area contributed by atoms with Crippen LogP contribution in [0.15, 0.2) is 10.9 Å². The van der Waals surface area contributed by atoms with Crippen molar-refractivity contribution in [3.63, 3.8) is 0 Å². The van der Waals surface area contributed by atoms with Crippen molar-refractivity contribution in [3.05, 3.63) is 33.2 Å². The predicted octanol–water partition coefficient (Wildman–Crippen LogP) is 1.04. The summed E-state index contributed by atoms with van der Waals surface area (Å²) in [5.41, 5.74) is 1.58. The molecule has 1 N–H and O–H groups in total. The molecule has 4 nitrogen and oxygen atoms in total. The highest BCUT2D eigenvalue weighted by atomic mass is 16.5. The fourth-order valence-corrected chi connectivity index (χ4v) is 1.82. The quantitative estimate of drug-likeness (QED) is 0.737. The monoisotopic (exact) mass is 207 g/mol. The van der Waals surface area contributed by atoms with Crippen LogP contribution in [0.25, 0.3) is 0 Å². The zero-order valence-electron chi connectivity index (χ0n) is 8.63. The average Bonchev–Trinajstić information content (AvgIpc) is 2.17. The zero-order chi connectivity index (χ0) is 10.8. The number of aromatic amines is 1. The maximum atomic E-state index is 11.6. The van der Waals surface area contributed by atoms with Crippen LogP contribution in [0, 0.1) is 0 Å². The molecule has 15 heavy (non-hydrogen) atoms. The first-order valence-electron chi connectivity index (χ1n) is 5.14. The third kappa shape index (κ3) is 1.79. The van der Waals surface area contributed by atoms with Crippen molar-refractivity contribution in [1.82, 2.24) is 4.98 Å². The summed E-state index contributed by atoms with van der Waals surface area (Å²) in [6, 6.07) is 1.90. The van der Waals surface area contributed by atoms with Crippen LogP contribution < -0.4 is 5.56 Å². The summed E-state index contributed by atoms with van der Waals surface area (Å²) in [7, 11) is 0. The number of cyclic esters (lactones) is 1. The molecule has 1 aromatic heterocycles. The number of pyridine rings is 1. The first-order valence-corrected chi connectivity index (χ1v) is 5.14. The number of fused-ring (bicyclic) bond motifs is 1. The number of carbonyl (C=O) groups excluding carboxylic acids is 1. The van der Waals surface area contributed by atoms with Crippen molar-refractivity contribution < 1.29 is 9.53 Å². The largest absolute Gasteiger partial charge is 0.462 e. The smallest absolute Gasteiger partial charge is 0.344 e. The normalized spacial score (nSPS) is 14.6. The Morgan fingerprint density at radius 1 is 1.47 bits per heavy atom. The lowest BCUT2D eigenvalue weighted by atomic mass is 10.0. The van der Waals surface area contributed by atoms with Crippen LogP contribution >= 0.6 is 0 Å². The van der Waals surface area contributed by atoms with Crippen LogP contribution in [0.1, 0.15) is 35.0 Å². The molecule has 0 unspecified atom stereocenters. The van der Waals surface area contributed by atoms with E-state index in [0.29, 0.717) is 13.0 Å². The number of aryl methyl sites for hydroxylation is 1. The Bertz CT molecular complexity index is 448. The minimum absolute atomic E-state index is 0.182. The molecule has 2 heterocycles. The molecule has 0 radical (unpaired) electrons. The maximum Gasteiger partial charge on any atom is 0.344 e. The second-order valence-electron chi connectivity index (χ2n) is 3.66. The topological polar surface area (TPSA) is 59.2 Å². The lowest BCUT2D eigenvalue weighted by Gasteiger charge is -2.15. The van der Waals surface area contributed by atoms with E-state index in [4.69, 9.17) is 4.74 Å². The van der Waals surface area contributed by atoms with Crippen molar-refractivity contribution in [2.75, 3.05) is 6.61 Å². The van der Waals surface area contributed by atoms with E-state index >= 15 is 0 Å². The number of ether oxygens (including phenoxy) is 1. The maximum absolute atomic E-state index is 11.6. The van der Waals surface area contributed by atoms with Crippen molar-refractivity contribution >= 4 is 5.97 Å². The van der Waals surface area contributed by atoms with E-state index in [9.17, 15) is 9.59 Å². The third-order valence-electron chi connectivity index (χ3n) is 2.50. The van der Waals surface area contributed by atoms with Crippen LogP contribution in [0.3, 0.4) is 0 Å². The molecular formula is C11H13NO3. The van der Waals surface area contributed by atoms with E-state index in [-0.39, 0.29) is 11.1 Å². The number of carbonyl (C=O) groups is 1. The molecule has 0 bridgehead atoms. The van der Waals surface area contributed by atoms with Gasteiger partial charge in [0.2, 0.25) is 0 Å². The minimum atomic E-state index is -0.499. The molecule has 0 saturated carbocycles. The van der Waals surface area contributed by atoms with Crippen LogP contribution in [-0.4, -0.2) is 17.6 Å². The summed E-state index contributed by atoms with van der Waals surface area (Å²) in [6.45, 7) is 2.42. The van der Waals surface area contributed by atoms with Gasteiger partial charge in [-0.3, -0.25) is 4.79 Å². The summed E-state index contributed by atoms with van der Waals surface area (Å²) < 4.78 is 4.83. The Labute approximate surface area is 87.3 Å². The molecule has 80 valence electrons. The molecule has 2 rings (SSSR count). The Balaban J connectivity index is 2.51. The standard InChI is InChI=1S/C11H13NO3/c1-2-3-8-6-7-4-5-15-11(14)9(7)10(13)12-8/h6H,2-5H2,1H3,(H,12,13). The lowest BCUT2D eigenvalue weighted by molar-refractivity contribution is 0.0477. The van der Waals surface area contributed by atoms with Crippen molar-refractivity contribution in [3.8, 4) is 0 Å². The SMILES string of the molecule is CCCc1cc2c(c(=O)[nH]1)C(=O)OCC2. The molecule has 1 aliphatic rings. The number of hydrogen-bond acceptors (Lipinski definition) is 3. The summed E-state index contributed by atoms with van der Waals surface area (Å²) >= 11 is 0. The molecule has 1 aromatic rings. The minimum Gasteiger partial charge on any atom is -0.462 e. The zero-order valence-corrected chi connectivity index (χ0v) is 8.63. The van der Waals surface area contributed by atoms with Gasteiger partial charge in [0.25, 0.3) is 5.56 Å². The number of hydrogen-bond donors (Lipinski definition) is 1. The molecule has 1 aliphatic heterocycles. The van der Waals surface area contributed by atoms with Crippen molar-refractivity contribution in [1.29, 1.82) is 0 Å². The van der Waals surface area contributed by atoms with Crippen LogP contribution in [0.4, 0.5) is 0 Å². The van der Waals surface area contributed by atoms with Gasteiger partial charge in [-0.05, 0) is 18.1 Å². The highest BCUT2D eigenvalue weighted by Crippen LogP contribution is 2.14. The van der Waals surface area contributed by atoms with Gasteiger partial charge in [-0.2, -0.15) is 0 Å². The highest BCUT2D eigenvalue weighted by molar-refractivity contribution is 5.91. The number of aromatic nitrogens is 1.